The highest BCUT2D eigenvalue weighted by molar-refractivity contribution is 7.90. The zero-order chi connectivity index (χ0) is 14.0. The van der Waals surface area contributed by atoms with Gasteiger partial charge in [0.25, 0.3) is 0 Å². The highest BCUT2D eigenvalue weighted by Crippen LogP contribution is 2.32. The number of rotatable bonds is 3. The number of nitrogens with zero attached hydrogens (tertiary/aromatic N) is 1. The second-order valence-electron chi connectivity index (χ2n) is 5.36. The van der Waals surface area contributed by atoms with Gasteiger partial charge in [-0.3, -0.25) is 0 Å². The number of anilines is 1. The van der Waals surface area contributed by atoms with E-state index in [0.717, 1.165) is 25.1 Å². The molecular formula is C14H22N2O2S. The van der Waals surface area contributed by atoms with Crippen LogP contribution in [0.25, 0.3) is 0 Å². The third-order valence-corrected chi connectivity index (χ3v) is 5.08. The molecule has 1 fully saturated rings. The molecule has 2 unspecified atom stereocenters. The molecule has 0 amide bonds. The molecule has 1 saturated heterocycles. The molecule has 5 heteroatoms. The number of nitrogens with two attached hydrogens (primary N) is 1. The van der Waals surface area contributed by atoms with E-state index in [9.17, 15) is 8.42 Å². The van der Waals surface area contributed by atoms with E-state index in [1.165, 1.54) is 6.26 Å². The quantitative estimate of drug-likeness (QED) is 0.915. The Kier molecular flexibility index (Phi) is 4.16. The van der Waals surface area contributed by atoms with E-state index in [2.05, 4.69) is 11.8 Å². The van der Waals surface area contributed by atoms with Crippen molar-refractivity contribution < 1.29 is 8.42 Å². The maximum absolute atomic E-state index is 11.9. The molecule has 19 heavy (non-hydrogen) atoms. The number of hydrogen-bond donors (Lipinski definition) is 1. The molecule has 0 aromatic heterocycles. The number of para-hydroxylation sites is 1. The van der Waals surface area contributed by atoms with E-state index < -0.39 is 9.84 Å². The summed E-state index contributed by atoms with van der Waals surface area (Å²) in [4.78, 5) is 2.58. The Hall–Kier alpha value is -1.07. The van der Waals surface area contributed by atoms with E-state index in [0.29, 0.717) is 17.4 Å². The molecule has 4 nitrogen and oxygen atoms in total. The molecule has 106 valence electrons. The second kappa shape index (κ2) is 5.51. The lowest BCUT2D eigenvalue weighted by atomic mass is 9.90. The van der Waals surface area contributed by atoms with Crippen LogP contribution in [0.1, 0.15) is 19.8 Å². The molecular weight excluding hydrogens is 260 g/mol. The molecule has 1 aromatic carbocycles. The van der Waals surface area contributed by atoms with E-state index in [1.807, 2.05) is 12.1 Å². The van der Waals surface area contributed by atoms with Gasteiger partial charge in [-0.2, -0.15) is 0 Å². The molecule has 1 aliphatic rings. The van der Waals surface area contributed by atoms with Gasteiger partial charge in [0.1, 0.15) is 0 Å². The molecule has 0 radical (unpaired) electrons. The SMILES string of the molecule is CC1CCCN(c2ccccc2S(C)(=O)=O)C1CN. The highest BCUT2D eigenvalue weighted by Gasteiger charge is 2.30. The van der Waals surface area contributed by atoms with Crippen molar-refractivity contribution in [3.8, 4) is 0 Å². The second-order valence-corrected chi connectivity index (χ2v) is 7.34. The topological polar surface area (TPSA) is 63.4 Å². The first-order valence-electron chi connectivity index (χ1n) is 6.71. The summed E-state index contributed by atoms with van der Waals surface area (Å²) >= 11 is 0. The average molecular weight is 282 g/mol. The molecule has 0 aliphatic carbocycles. The van der Waals surface area contributed by atoms with Gasteiger partial charge in [0.05, 0.1) is 10.6 Å². The Labute approximate surface area is 115 Å². The first-order chi connectivity index (χ1) is 8.95. The number of piperidine rings is 1. The van der Waals surface area contributed by atoms with Crippen LogP contribution in [0.4, 0.5) is 5.69 Å². The summed E-state index contributed by atoms with van der Waals surface area (Å²) in [5.41, 5.74) is 6.69. The Bertz CT molecular complexity index is 542. The molecule has 2 rings (SSSR count). The summed E-state index contributed by atoms with van der Waals surface area (Å²) in [5.74, 6) is 0.492. The molecule has 1 aliphatic heterocycles. The lowest BCUT2D eigenvalue weighted by Gasteiger charge is -2.41. The lowest BCUT2D eigenvalue weighted by molar-refractivity contribution is 0.348. The monoisotopic (exact) mass is 282 g/mol. The van der Waals surface area contributed by atoms with Crippen LogP contribution in [0.2, 0.25) is 0 Å². The van der Waals surface area contributed by atoms with Crippen molar-refractivity contribution in [3.63, 3.8) is 0 Å². The predicted molar refractivity (Wildman–Crippen MR) is 78.1 cm³/mol. The van der Waals surface area contributed by atoms with Crippen molar-refractivity contribution in [2.75, 3.05) is 24.2 Å². The maximum atomic E-state index is 11.9. The van der Waals surface area contributed by atoms with Gasteiger partial charge in [-0.05, 0) is 30.9 Å². The third-order valence-electron chi connectivity index (χ3n) is 3.93. The van der Waals surface area contributed by atoms with Crippen molar-refractivity contribution >= 4 is 15.5 Å². The van der Waals surface area contributed by atoms with E-state index in [-0.39, 0.29) is 6.04 Å². The standard InChI is InChI=1S/C14H22N2O2S/c1-11-6-5-9-16(13(11)10-15)12-7-3-4-8-14(12)19(2,17)18/h3-4,7-8,11,13H,5-6,9-10,15H2,1-2H3. The lowest BCUT2D eigenvalue weighted by Crippen LogP contribution is -2.49. The van der Waals surface area contributed by atoms with Crippen molar-refractivity contribution in [1.82, 2.24) is 0 Å². The van der Waals surface area contributed by atoms with E-state index >= 15 is 0 Å². The summed E-state index contributed by atoms with van der Waals surface area (Å²) < 4.78 is 23.8. The fraction of sp³-hybridized carbons (Fsp3) is 0.571. The maximum Gasteiger partial charge on any atom is 0.177 e. The van der Waals surface area contributed by atoms with Gasteiger partial charge in [-0.25, -0.2) is 8.42 Å². The first-order valence-corrected chi connectivity index (χ1v) is 8.60. The third kappa shape index (κ3) is 2.92. The molecule has 1 aromatic rings. The van der Waals surface area contributed by atoms with Gasteiger partial charge >= 0.3 is 0 Å². The Morgan fingerprint density at radius 2 is 2.05 bits per heavy atom. The van der Waals surface area contributed by atoms with Crippen LogP contribution in [-0.2, 0) is 9.84 Å². The number of sulfone groups is 1. The summed E-state index contributed by atoms with van der Waals surface area (Å²) in [6, 6.07) is 7.44. The van der Waals surface area contributed by atoms with Gasteiger partial charge < -0.3 is 10.6 Å². The molecule has 0 spiro atoms. The summed E-state index contributed by atoms with van der Waals surface area (Å²) in [6.07, 6.45) is 3.49. The van der Waals surface area contributed by atoms with E-state index in [4.69, 9.17) is 5.73 Å². The van der Waals surface area contributed by atoms with Crippen LogP contribution in [0.5, 0.6) is 0 Å². The molecule has 2 atom stereocenters. The van der Waals surface area contributed by atoms with Crippen LogP contribution in [-0.4, -0.2) is 33.8 Å². The van der Waals surface area contributed by atoms with E-state index in [1.54, 1.807) is 12.1 Å². The average Bonchev–Trinajstić information content (AvgIpc) is 2.37. The van der Waals surface area contributed by atoms with Gasteiger partial charge in [0.2, 0.25) is 0 Å². The Morgan fingerprint density at radius 3 is 2.68 bits per heavy atom. The fourth-order valence-corrected chi connectivity index (χ4v) is 3.81. The molecule has 0 bridgehead atoms. The van der Waals surface area contributed by atoms with Crippen molar-refractivity contribution in [2.24, 2.45) is 11.7 Å². The largest absolute Gasteiger partial charge is 0.366 e. The molecule has 1 heterocycles. The highest BCUT2D eigenvalue weighted by atomic mass is 32.2. The molecule has 0 saturated carbocycles. The van der Waals surface area contributed by atoms with Crippen LogP contribution >= 0.6 is 0 Å². The zero-order valence-electron chi connectivity index (χ0n) is 11.5. The van der Waals surface area contributed by atoms with Crippen molar-refractivity contribution in [2.45, 2.75) is 30.7 Å². The fourth-order valence-electron chi connectivity index (χ4n) is 2.92. The van der Waals surface area contributed by atoms with Crippen LogP contribution in [0, 0.1) is 5.92 Å². The van der Waals surface area contributed by atoms with Gasteiger partial charge in [0.15, 0.2) is 9.84 Å². The minimum Gasteiger partial charge on any atom is -0.366 e. The van der Waals surface area contributed by atoms with Crippen LogP contribution < -0.4 is 10.6 Å². The van der Waals surface area contributed by atoms with Crippen molar-refractivity contribution in [3.05, 3.63) is 24.3 Å². The van der Waals surface area contributed by atoms with Gasteiger partial charge in [-0.1, -0.05) is 19.1 Å². The van der Waals surface area contributed by atoms with Crippen LogP contribution in [0.3, 0.4) is 0 Å². The summed E-state index contributed by atoms with van der Waals surface area (Å²) in [5, 5.41) is 0. The van der Waals surface area contributed by atoms with Gasteiger partial charge in [0, 0.05) is 25.4 Å². The Morgan fingerprint density at radius 1 is 1.37 bits per heavy atom. The van der Waals surface area contributed by atoms with Crippen LogP contribution in [0.15, 0.2) is 29.2 Å². The minimum atomic E-state index is -3.21. The number of hydrogen-bond acceptors (Lipinski definition) is 4. The Balaban J connectivity index is 2.46. The number of benzene rings is 1. The van der Waals surface area contributed by atoms with Crippen molar-refractivity contribution in [1.29, 1.82) is 0 Å². The smallest absolute Gasteiger partial charge is 0.177 e. The minimum absolute atomic E-state index is 0.219. The zero-order valence-corrected chi connectivity index (χ0v) is 12.4. The summed E-state index contributed by atoms with van der Waals surface area (Å²) in [7, 11) is -3.21. The first kappa shape index (κ1) is 14.3. The predicted octanol–water partition coefficient (Wildman–Crippen LogP) is 1.65. The normalized spacial score (nSPS) is 24.5. The van der Waals surface area contributed by atoms with Gasteiger partial charge in [-0.15, -0.1) is 0 Å². The summed E-state index contributed by atoms with van der Waals surface area (Å²) in [6.45, 7) is 3.62. The molecule has 2 N–H and O–H groups in total.